The first-order chi connectivity index (χ1) is 4.93. The number of hydrogen-bond acceptors (Lipinski definition) is 3. The van der Waals surface area contributed by atoms with Crippen LogP contribution in [0.25, 0.3) is 0 Å². The van der Waals surface area contributed by atoms with Gasteiger partial charge in [0, 0.05) is 19.2 Å². The number of methoxy groups -OCH3 is 1. The smallest absolute Gasteiger partial charge is 0.116 e. The minimum atomic E-state index is 0.699. The van der Waals surface area contributed by atoms with Crippen molar-refractivity contribution in [3.63, 3.8) is 0 Å². The molecule has 0 fully saturated rings. The van der Waals surface area contributed by atoms with E-state index < -0.39 is 0 Å². The molecule has 1 aromatic rings. The standard InChI is InChI=1S/C7H9N2O/c1-10-5-3-7-2-4-8-6-9-7/h2,6H,3,5H2,1H3. The first-order valence-corrected chi connectivity index (χ1v) is 3.09. The molecule has 0 atom stereocenters. The molecule has 0 aliphatic rings. The van der Waals surface area contributed by atoms with E-state index in [1.54, 1.807) is 13.2 Å². The Morgan fingerprint density at radius 3 is 3.20 bits per heavy atom. The molecule has 3 heteroatoms. The number of nitrogens with zero attached hydrogens (tertiary/aromatic N) is 2. The lowest BCUT2D eigenvalue weighted by molar-refractivity contribution is 0.201. The molecule has 3 nitrogen and oxygen atoms in total. The van der Waals surface area contributed by atoms with Crippen molar-refractivity contribution >= 4 is 0 Å². The first kappa shape index (κ1) is 7.15. The van der Waals surface area contributed by atoms with Crippen LogP contribution in [-0.2, 0) is 11.2 Å². The second-order valence-electron chi connectivity index (χ2n) is 1.88. The number of hydrogen-bond donors (Lipinski definition) is 0. The minimum Gasteiger partial charge on any atom is -0.384 e. The maximum Gasteiger partial charge on any atom is 0.116 e. The van der Waals surface area contributed by atoms with Crippen molar-refractivity contribution in [2.75, 3.05) is 13.7 Å². The maximum atomic E-state index is 4.87. The van der Waals surface area contributed by atoms with Gasteiger partial charge in [0.25, 0.3) is 0 Å². The van der Waals surface area contributed by atoms with Gasteiger partial charge in [0.2, 0.25) is 0 Å². The fraction of sp³-hybridized carbons (Fsp3) is 0.429. The molecule has 1 heterocycles. The zero-order chi connectivity index (χ0) is 7.23. The van der Waals surface area contributed by atoms with Crippen LogP contribution < -0.4 is 0 Å². The van der Waals surface area contributed by atoms with Gasteiger partial charge in [-0.15, -0.1) is 0 Å². The Morgan fingerprint density at radius 1 is 1.70 bits per heavy atom. The summed E-state index contributed by atoms with van der Waals surface area (Å²) >= 11 is 0. The molecular weight excluding hydrogens is 128 g/mol. The highest BCUT2D eigenvalue weighted by Gasteiger charge is 1.90. The van der Waals surface area contributed by atoms with Gasteiger partial charge in [-0.3, -0.25) is 0 Å². The van der Waals surface area contributed by atoms with Crippen molar-refractivity contribution < 1.29 is 4.74 Å². The molecule has 53 valence electrons. The Labute approximate surface area is 60.1 Å². The molecule has 1 aromatic heterocycles. The Bertz CT molecular complexity index is 176. The summed E-state index contributed by atoms with van der Waals surface area (Å²) in [7, 11) is 1.67. The van der Waals surface area contributed by atoms with Crippen LogP contribution in [-0.4, -0.2) is 23.7 Å². The number of ether oxygens (including phenoxy) is 1. The molecule has 0 saturated heterocycles. The summed E-state index contributed by atoms with van der Waals surface area (Å²) in [4.78, 5) is 7.67. The van der Waals surface area contributed by atoms with Crippen LogP contribution >= 0.6 is 0 Å². The van der Waals surface area contributed by atoms with Crippen molar-refractivity contribution in [3.05, 3.63) is 24.3 Å². The summed E-state index contributed by atoms with van der Waals surface area (Å²) in [6.07, 6.45) is 5.02. The average molecular weight is 137 g/mol. The second kappa shape index (κ2) is 3.95. The third kappa shape index (κ3) is 2.11. The molecule has 0 aliphatic carbocycles. The molecule has 10 heavy (non-hydrogen) atoms. The number of rotatable bonds is 3. The lowest BCUT2D eigenvalue weighted by Crippen LogP contribution is -1.96. The first-order valence-electron chi connectivity index (χ1n) is 3.09. The summed E-state index contributed by atoms with van der Waals surface area (Å²) in [5.41, 5.74) is 0.969. The lowest BCUT2D eigenvalue weighted by atomic mass is 10.3. The molecule has 0 saturated carbocycles. The minimum absolute atomic E-state index is 0.699. The van der Waals surface area contributed by atoms with Gasteiger partial charge in [-0.05, 0) is 6.07 Å². The van der Waals surface area contributed by atoms with Crippen LogP contribution in [0.5, 0.6) is 0 Å². The molecule has 0 aliphatic heterocycles. The van der Waals surface area contributed by atoms with Crippen LogP contribution in [0, 0.1) is 6.20 Å². The summed E-state index contributed by atoms with van der Waals surface area (Å²) < 4.78 is 4.87. The van der Waals surface area contributed by atoms with Crippen LogP contribution in [0.15, 0.2) is 12.4 Å². The number of aromatic nitrogens is 2. The van der Waals surface area contributed by atoms with Crippen molar-refractivity contribution in [2.24, 2.45) is 0 Å². The largest absolute Gasteiger partial charge is 0.384 e. The van der Waals surface area contributed by atoms with Crippen LogP contribution in [0.3, 0.4) is 0 Å². The molecule has 1 radical (unpaired) electrons. The molecule has 0 N–H and O–H groups in total. The third-order valence-corrected chi connectivity index (χ3v) is 1.15. The van der Waals surface area contributed by atoms with Gasteiger partial charge in [0.15, 0.2) is 0 Å². The molecule has 0 bridgehead atoms. The van der Waals surface area contributed by atoms with Gasteiger partial charge >= 0.3 is 0 Å². The van der Waals surface area contributed by atoms with Crippen LogP contribution in [0.2, 0.25) is 0 Å². The van der Waals surface area contributed by atoms with E-state index >= 15 is 0 Å². The summed E-state index contributed by atoms with van der Waals surface area (Å²) in [5.74, 6) is 0. The van der Waals surface area contributed by atoms with Gasteiger partial charge in [-0.2, -0.15) is 0 Å². The van der Waals surface area contributed by atoms with E-state index in [9.17, 15) is 0 Å². The third-order valence-electron chi connectivity index (χ3n) is 1.15. The zero-order valence-corrected chi connectivity index (χ0v) is 5.87. The van der Waals surface area contributed by atoms with E-state index in [1.807, 2.05) is 0 Å². The Hall–Kier alpha value is -0.960. The predicted molar refractivity (Wildman–Crippen MR) is 36.4 cm³/mol. The monoisotopic (exact) mass is 137 g/mol. The maximum absolute atomic E-state index is 4.87. The fourth-order valence-electron chi connectivity index (χ4n) is 0.629. The second-order valence-corrected chi connectivity index (χ2v) is 1.88. The van der Waals surface area contributed by atoms with Crippen LogP contribution in [0.1, 0.15) is 5.69 Å². The van der Waals surface area contributed by atoms with Gasteiger partial charge in [-0.25, -0.2) is 9.97 Å². The van der Waals surface area contributed by atoms with E-state index in [2.05, 4.69) is 16.2 Å². The van der Waals surface area contributed by atoms with Crippen LogP contribution in [0.4, 0.5) is 0 Å². The predicted octanol–water partition coefficient (Wildman–Crippen LogP) is 0.466. The molecule has 0 spiro atoms. The lowest BCUT2D eigenvalue weighted by Gasteiger charge is -1.95. The van der Waals surface area contributed by atoms with Gasteiger partial charge in [0.05, 0.1) is 12.8 Å². The van der Waals surface area contributed by atoms with E-state index in [-0.39, 0.29) is 0 Å². The van der Waals surface area contributed by atoms with Crippen molar-refractivity contribution in [1.29, 1.82) is 0 Å². The summed E-state index contributed by atoms with van der Waals surface area (Å²) in [6.45, 7) is 0.699. The summed E-state index contributed by atoms with van der Waals surface area (Å²) in [6, 6.07) is 1.76. The van der Waals surface area contributed by atoms with Gasteiger partial charge in [-0.1, -0.05) is 0 Å². The van der Waals surface area contributed by atoms with Gasteiger partial charge < -0.3 is 4.74 Å². The highest BCUT2D eigenvalue weighted by Crippen LogP contribution is 1.90. The van der Waals surface area contributed by atoms with Crippen molar-refractivity contribution in [1.82, 2.24) is 9.97 Å². The van der Waals surface area contributed by atoms with E-state index in [4.69, 9.17) is 4.74 Å². The fourth-order valence-corrected chi connectivity index (χ4v) is 0.629. The quantitative estimate of drug-likeness (QED) is 0.607. The topological polar surface area (TPSA) is 35.0 Å². The van der Waals surface area contributed by atoms with Gasteiger partial charge in [0.1, 0.15) is 6.33 Å². The van der Waals surface area contributed by atoms with E-state index in [0.29, 0.717) is 6.61 Å². The molecule has 0 amide bonds. The molecule has 1 rings (SSSR count). The average Bonchev–Trinajstić information content (AvgIpc) is 2.03. The summed E-state index contributed by atoms with van der Waals surface area (Å²) in [5, 5.41) is 0. The molecule has 0 aromatic carbocycles. The van der Waals surface area contributed by atoms with E-state index in [0.717, 1.165) is 12.1 Å². The van der Waals surface area contributed by atoms with Crippen molar-refractivity contribution in [3.8, 4) is 0 Å². The Morgan fingerprint density at radius 2 is 2.60 bits per heavy atom. The Balaban J connectivity index is 2.43. The highest BCUT2D eigenvalue weighted by molar-refractivity contribution is 4.96. The normalized spacial score (nSPS) is 9.70. The zero-order valence-electron chi connectivity index (χ0n) is 5.87. The SMILES string of the molecule is COCCc1c[c]ncn1. The van der Waals surface area contributed by atoms with Crippen molar-refractivity contribution in [2.45, 2.75) is 6.42 Å². The van der Waals surface area contributed by atoms with E-state index in [1.165, 1.54) is 6.33 Å². The Kier molecular flexibility index (Phi) is 2.83. The molecular formula is C7H9N2O. The highest BCUT2D eigenvalue weighted by atomic mass is 16.5. The molecule has 0 unspecified atom stereocenters.